The molecule has 0 bridgehead atoms. The van der Waals surface area contributed by atoms with Gasteiger partial charge in [0, 0.05) is 0 Å². The van der Waals surface area contributed by atoms with Crippen molar-refractivity contribution in [3.63, 3.8) is 0 Å². The number of carbonyl (C=O) groups excluding carboxylic acids is 1. The second-order valence-electron chi connectivity index (χ2n) is 4.07. The first-order chi connectivity index (χ1) is 7.58. The van der Waals surface area contributed by atoms with E-state index in [9.17, 15) is 4.79 Å². The Hall–Kier alpha value is -0.690. The fraction of sp³-hybridized carbons (Fsp3) is 0.900. The molecule has 2 fully saturated rings. The fourth-order valence-electron chi connectivity index (χ4n) is 1.71. The lowest BCUT2D eigenvalue weighted by molar-refractivity contribution is -0.355. The van der Waals surface area contributed by atoms with Gasteiger partial charge in [-0.3, -0.25) is 4.79 Å². The van der Waals surface area contributed by atoms with Crippen LogP contribution in [0.3, 0.4) is 0 Å². The smallest absolute Gasteiger partial charge is 0.310 e. The molecule has 0 unspecified atom stereocenters. The van der Waals surface area contributed by atoms with Crippen LogP contribution < -0.4 is 0 Å². The summed E-state index contributed by atoms with van der Waals surface area (Å²) in [6.07, 6.45) is 0.0551. The molecule has 92 valence electrons. The van der Waals surface area contributed by atoms with Gasteiger partial charge in [0.1, 0.15) is 13.2 Å². The van der Waals surface area contributed by atoms with Gasteiger partial charge in [-0.05, 0) is 6.92 Å². The molecule has 0 aromatic carbocycles. The molecule has 2 heterocycles. The summed E-state index contributed by atoms with van der Waals surface area (Å²) in [4.78, 5) is 11.2. The Morgan fingerprint density at radius 2 is 1.75 bits per heavy atom. The van der Waals surface area contributed by atoms with E-state index in [-0.39, 0.29) is 25.6 Å². The van der Waals surface area contributed by atoms with Crippen LogP contribution in [0.2, 0.25) is 0 Å². The largest absolute Gasteiger partial charge is 0.469 e. The molecule has 0 atom stereocenters. The second kappa shape index (κ2) is 4.29. The third-order valence-corrected chi connectivity index (χ3v) is 2.70. The van der Waals surface area contributed by atoms with Crippen molar-refractivity contribution in [3.05, 3.63) is 0 Å². The predicted octanol–water partition coefficient (Wildman–Crippen LogP) is 0.0556. The van der Waals surface area contributed by atoms with Crippen LogP contribution in [-0.2, 0) is 28.5 Å². The van der Waals surface area contributed by atoms with Gasteiger partial charge in [0.05, 0.1) is 26.7 Å². The van der Waals surface area contributed by atoms with E-state index >= 15 is 0 Å². The summed E-state index contributed by atoms with van der Waals surface area (Å²) in [5, 5.41) is 0. The van der Waals surface area contributed by atoms with E-state index in [1.165, 1.54) is 7.11 Å². The summed E-state index contributed by atoms with van der Waals surface area (Å²) < 4.78 is 26.4. The molecule has 0 aromatic rings. The number of carbonyl (C=O) groups is 1. The van der Waals surface area contributed by atoms with Crippen molar-refractivity contribution < 1.29 is 28.5 Å². The Morgan fingerprint density at radius 3 is 2.25 bits per heavy atom. The van der Waals surface area contributed by atoms with Crippen LogP contribution in [0, 0.1) is 0 Å². The highest BCUT2D eigenvalue weighted by atomic mass is 16.8. The van der Waals surface area contributed by atoms with Crippen molar-refractivity contribution in [2.75, 3.05) is 33.5 Å². The number of hydrogen-bond acceptors (Lipinski definition) is 6. The van der Waals surface area contributed by atoms with Gasteiger partial charge in [-0.25, -0.2) is 0 Å². The molecule has 0 aromatic heterocycles. The Kier molecular flexibility index (Phi) is 3.16. The summed E-state index contributed by atoms with van der Waals surface area (Å²) in [5.41, 5.74) is 0. The summed E-state index contributed by atoms with van der Waals surface area (Å²) in [6, 6.07) is 0. The van der Waals surface area contributed by atoms with Crippen LogP contribution in [0.5, 0.6) is 0 Å². The number of methoxy groups -OCH3 is 1. The van der Waals surface area contributed by atoms with E-state index in [4.69, 9.17) is 18.9 Å². The first-order valence-electron chi connectivity index (χ1n) is 5.20. The second-order valence-corrected chi connectivity index (χ2v) is 4.07. The van der Waals surface area contributed by atoms with Crippen LogP contribution >= 0.6 is 0 Å². The Labute approximate surface area is 93.7 Å². The van der Waals surface area contributed by atoms with Gasteiger partial charge in [0.15, 0.2) is 5.79 Å². The highest BCUT2D eigenvalue weighted by molar-refractivity contribution is 5.70. The Bertz CT molecular complexity index is 260. The molecule has 6 nitrogen and oxygen atoms in total. The molecular weight excluding hydrogens is 216 g/mol. The Morgan fingerprint density at radius 1 is 1.19 bits per heavy atom. The summed E-state index contributed by atoms with van der Waals surface area (Å²) in [6.45, 7) is 3.31. The van der Waals surface area contributed by atoms with Crippen molar-refractivity contribution in [1.82, 2.24) is 0 Å². The van der Waals surface area contributed by atoms with Crippen LogP contribution in [0.4, 0.5) is 0 Å². The summed E-state index contributed by atoms with van der Waals surface area (Å²) in [5.74, 6) is -2.10. The lowest BCUT2D eigenvalue weighted by Gasteiger charge is -2.40. The standard InChI is InChI=1S/C10H16O6/c1-9(5-8(11)12-2)15-6-10(7-16-9)13-3-4-14-10/h3-7H2,1-2H3. The maximum Gasteiger partial charge on any atom is 0.310 e. The average Bonchev–Trinajstić information content (AvgIpc) is 2.72. The molecule has 2 aliphatic heterocycles. The van der Waals surface area contributed by atoms with Crippen molar-refractivity contribution >= 4 is 5.97 Å². The van der Waals surface area contributed by atoms with E-state index in [0.717, 1.165) is 0 Å². The van der Waals surface area contributed by atoms with Crippen LogP contribution in [0.1, 0.15) is 13.3 Å². The van der Waals surface area contributed by atoms with Crippen LogP contribution in [0.15, 0.2) is 0 Å². The molecule has 0 saturated carbocycles. The van der Waals surface area contributed by atoms with Gasteiger partial charge in [0.25, 0.3) is 0 Å². The highest BCUT2D eigenvalue weighted by Gasteiger charge is 2.47. The molecule has 2 rings (SSSR count). The van der Waals surface area contributed by atoms with Crippen LogP contribution in [0.25, 0.3) is 0 Å². The number of hydrogen-bond donors (Lipinski definition) is 0. The van der Waals surface area contributed by atoms with Crippen molar-refractivity contribution in [1.29, 1.82) is 0 Å². The van der Waals surface area contributed by atoms with Gasteiger partial charge in [-0.15, -0.1) is 0 Å². The van der Waals surface area contributed by atoms with Gasteiger partial charge in [-0.2, -0.15) is 0 Å². The zero-order chi connectivity index (χ0) is 11.6. The van der Waals surface area contributed by atoms with E-state index < -0.39 is 11.6 Å². The van der Waals surface area contributed by atoms with E-state index in [1.54, 1.807) is 6.92 Å². The van der Waals surface area contributed by atoms with E-state index in [2.05, 4.69) is 4.74 Å². The zero-order valence-electron chi connectivity index (χ0n) is 9.49. The van der Waals surface area contributed by atoms with Crippen LogP contribution in [-0.4, -0.2) is 51.1 Å². The first-order valence-corrected chi connectivity index (χ1v) is 5.20. The predicted molar refractivity (Wildman–Crippen MR) is 51.6 cm³/mol. The molecule has 0 radical (unpaired) electrons. The minimum absolute atomic E-state index is 0.0551. The van der Waals surface area contributed by atoms with Gasteiger partial charge in [-0.1, -0.05) is 0 Å². The molecule has 1 spiro atoms. The monoisotopic (exact) mass is 232 g/mol. The van der Waals surface area contributed by atoms with Crippen molar-refractivity contribution in [3.8, 4) is 0 Å². The first kappa shape index (κ1) is 11.8. The average molecular weight is 232 g/mol. The molecule has 2 saturated heterocycles. The minimum atomic E-state index is -0.951. The third-order valence-electron chi connectivity index (χ3n) is 2.70. The molecule has 0 N–H and O–H groups in total. The lowest BCUT2D eigenvalue weighted by Crippen LogP contribution is -2.53. The minimum Gasteiger partial charge on any atom is -0.469 e. The maximum absolute atomic E-state index is 11.2. The zero-order valence-corrected chi connectivity index (χ0v) is 9.49. The van der Waals surface area contributed by atoms with Gasteiger partial charge >= 0.3 is 5.97 Å². The fourth-order valence-corrected chi connectivity index (χ4v) is 1.71. The summed E-state index contributed by atoms with van der Waals surface area (Å²) >= 11 is 0. The molecule has 0 amide bonds. The van der Waals surface area contributed by atoms with E-state index in [0.29, 0.717) is 13.2 Å². The molecule has 2 aliphatic rings. The van der Waals surface area contributed by atoms with Gasteiger partial charge in [0.2, 0.25) is 5.79 Å². The highest BCUT2D eigenvalue weighted by Crippen LogP contribution is 2.32. The molecule has 6 heteroatoms. The number of ether oxygens (including phenoxy) is 5. The molecular formula is C10H16O6. The number of esters is 1. The van der Waals surface area contributed by atoms with Crippen molar-refractivity contribution in [2.24, 2.45) is 0 Å². The maximum atomic E-state index is 11.2. The SMILES string of the molecule is COC(=O)CC1(C)OCC2(CO1)OCCO2. The van der Waals surface area contributed by atoms with E-state index in [1.807, 2.05) is 0 Å². The quantitative estimate of drug-likeness (QED) is 0.627. The topological polar surface area (TPSA) is 63.2 Å². The number of rotatable bonds is 2. The normalized spacial score (nSPS) is 26.9. The molecule has 0 aliphatic carbocycles. The summed E-state index contributed by atoms with van der Waals surface area (Å²) in [7, 11) is 1.33. The Balaban J connectivity index is 1.90. The third kappa shape index (κ3) is 2.35. The molecule has 16 heavy (non-hydrogen) atoms. The van der Waals surface area contributed by atoms with Gasteiger partial charge < -0.3 is 23.7 Å². The lowest BCUT2D eigenvalue weighted by atomic mass is 10.2. The van der Waals surface area contributed by atoms with Crippen molar-refractivity contribution in [2.45, 2.75) is 24.9 Å².